The molecule has 0 unspecified atom stereocenters. The van der Waals surface area contributed by atoms with Crippen molar-refractivity contribution in [1.82, 2.24) is 0 Å². The highest BCUT2D eigenvalue weighted by atomic mass is 16.6. The zero-order valence-electron chi connectivity index (χ0n) is 33.6. The Morgan fingerprint density at radius 3 is 1.55 bits per heavy atom. The topological polar surface area (TPSA) is 21.7 Å². The monoisotopic (exact) mass is 791 g/mol. The average molecular weight is 792 g/mol. The largest absolute Gasteiger partial charge is 0.449 e. The van der Waals surface area contributed by atoms with E-state index in [1.165, 1.54) is 44.5 Å². The molecule has 0 saturated carbocycles. The van der Waals surface area contributed by atoms with Gasteiger partial charge in [0, 0.05) is 16.6 Å². The molecular weight excluding hydrogens is 755 g/mol. The molecule has 10 aromatic carbocycles. The van der Waals surface area contributed by atoms with E-state index < -0.39 is 5.41 Å². The molecule has 3 heteroatoms. The van der Waals surface area contributed by atoms with Crippen molar-refractivity contribution in [2.24, 2.45) is 0 Å². The molecule has 1 spiro atoms. The average Bonchev–Trinajstić information content (AvgIpc) is 3.82. The van der Waals surface area contributed by atoms with Crippen LogP contribution in [0.5, 0.6) is 23.0 Å². The number of hydrogen-bond acceptors (Lipinski definition) is 3. The molecule has 0 fully saturated rings. The molecule has 290 valence electrons. The van der Waals surface area contributed by atoms with Crippen LogP contribution >= 0.6 is 0 Å². The zero-order valence-corrected chi connectivity index (χ0v) is 33.6. The normalized spacial score (nSPS) is 13.2. The van der Waals surface area contributed by atoms with E-state index in [2.05, 4.69) is 223 Å². The minimum Gasteiger partial charge on any atom is -0.449 e. The molecule has 0 bridgehead atoms. The van der Waals surface area contributed by atoms with Gasteiger partial charge in [-0.1, -0.05) is 188 Å². The van der Waals surface area contributed by atoms with Gasteiger partial charge in [0.25, 0.3) is 0 Å². The molecule has 0 amide bonds. The summed E-state index contributed by atoms with van der Waals surface area (Å²) in [4.78, 5) is 2.32. The van der Waals surface area contributed by atoms with Crippen molar-refractivity contribution in [3.63, 3.8) is 0 Å². The van der Waals surface area contributed by atoms with Gasteiger partial charge in [-0.05, 0) is 103 Å². The number of benzene rings is 10. The summed E-state index contributed by atoms with van der Waals surface area (Å²) in [7, 11) is 0. The van der Waals surface area contributed by atoms with E-state index in [-0.39, 0.29) is 0 Å². The van der Waals surface area contributed by atoms with Crippen molar-refractivity contribution >= 4 is 27.8 Å². The lowest BCUT2D eigenvalue weighted by Crippen LogP contribution is -2.25. The highest BCUT2D eigenvalue weighted by Crippen LogP contribution is 2.67. The number of nitrogens with zero attached hydrogens (tertiary/aromatic N) is 1. The summed E-state index contributed by atoms with van der Waals surface area (Å²) in [6.07, 6.45) is 0. The van der Waals surface area contributed by atoms with Crippen LogP contribution in [0.1, 0.15) is 22.3 Å². The molecule has 1 aliphatic heterocycles. The van der Waals surface area contributed by atoms with Gasteiger partial charge in [0.2, 0.25) is 0 Å². The third kappa shape index (κ3) is 4.94. The van der Waals surface area contributed by atoms with E-state index in [9.17, 15) is 0 Å². The molecular formula is C59H37NO2. The summed E-state index contributed by atoms with van der Waals surface area (Å²) in [5.41, 5.74) is 17.0. The van der Waals surface area contributed by atoms with Gasteiger partial charge in [-0.25, -0.2) is 0 Å². The fraction of sp³-hybridized carbons (Fsp3) is 0.0169. The third-order valence-corrected chi connectivity index (χ3v) is 13.2. The Morgan fingerprint density at radius 2 is 0.839 bits per heavy atom. The van der Waals surface area contributed by atoms with Crippen LogP contribution in [0.25, 0.3) is 55.3 Å². The molecule has 1 heterocycles. The summed E-state index contributed by atoms with van der Waals surface area (Å²) in [5, 5.41) is 2.30. The Morgan fingerprint density at radius 1 is 0.323 bits per heavy atom. The van der Waals surface area contributed by atoms with Crippen molar-refractivity contribution in [1.29, 1.82) is 0 Å². The Balaban J connectivity index is 0.970. The minimum absolute atomic E-state index is 0.490. The van der Waals surface area contributed by atoms with Crippen LogP contribution in [-0.2, 0) is 5.41 Å². The summed E-state index contributed by atoms with van der Waals surface area (Å²) in [5.74, 6) is 2.79. The molecule has 0 atom stereocenters. The van der Waals surface area contributed by atoms with Crippen LogP contribution in [0.2, 0.25) is 0 Å². The molecule has 2 aliphatic carbocycles. The van der Waals surface area contributed by atoms with E-state index in [1.807, 2.05) is 6.07 Å². The minimum atomic E-state index is -0.490. The number of fused-ring (bicyclic) bond motifs is 14. The van der Waals surface area contributed by atoms with Crippen molar-refractivity contribution in [2.45, 2.75) is 5.41 Å². The number of ether oxygens (including phenoxy) is 2. The fourth-order valence-electron chi connectivity index (χ4n) is 10.5. The van der Waals surface area contributed by atoms with Crippen LogP contribution in [0, 0.1) is 0 Å². The summed E-state index contributed by atoms with van der Waals surface area (Å²) in [6, 6.07) is 80.5. The van der Waals surface area contributed by atoms with Crippen LogP contribution in [0.15, 0.2) is 224 Å². The highest BCUT2D eigenvalue weighted by molar-refractivity contribution is 6.01. The predicted molar refractivity (Wildman–Crippen MR) is 252 cm³/mol. The first-order valence-corrected chi connectivity index (χ1v) is 21.2. The summed E-state index contributed by atoms with van der Waals surface area (Å²) < 4.78 is 14.3. The Hall–Kier alpha value is -8.14. The van der Waals surface area contributed by atoms with Crippen LogP contribution < -0.4 is 14.4 Å². The zero-order chi connectivity index (χ0) is 40.8. The molecule has 0 saturated heterocycles. The van der Waals surface area contributed by atoms with Gasteiger partial charge < -0.3 is 14.4 Å². The maximum absolute atomic E-state index is 7.40. The lowest BCUT2D eigenvalue weighted by Gasteiger charge is -2.32. The van der Waals surface area contributed by atoms with E-state index in [0.29, 0.717) is 17.2 Å². The van der Waals surface area contributed by atoms with Crippen LogP contribution in [0.4, 0.5) is 17.1 Å². The van der Waals surface area contributed by atoms with Gasteiger partial charge in [-0.3, -0.25) is 0 Å². The second-order valence-corrected chi connectivity index (χ2v) is 16.3. The van der Waals surface area contributed by atoms with Crippen molar-refractivity contribution in [3.05, 3.63) is 247 Å². The molecule has 0 aromatic heterocycles. The van der Waals surface area contributed by atoms with Crippen LogP contribution in [0.3, 0.4) is 0 Å². The SMILES string of the molecule is c1ccc(-c2ccc(-c3ccc(N(c4cccc5c4Oc4c(ccc6c4-c4ccccc4C64c6ccccc6-c6ccccc64)O5)c4cccc5ccccc45)cc3)cc2)cc1. The molecule has 3 nitrogen and oxygen atoms in total. The van der Waals surface area contributed by atoms with Gasteiger partial charge in [0.1, 0.15) is 0 Å². The van der Waals surface area contributed by atoms with E-state index in [4.69, 9.17) is 9.47 Å². The van der Waals surface area contributed by atoms with Crippen molar-refractivity contribution in [2.75, 3.05) is 4.90 Å². The maximum Gasteiger partial charge on any atom is 0.194 e. The molecule has 10 aromatic rings. The Kier molecular flexibility index (Phi) is 7.52. The first-order chi connectivity index (χ1) is 30.8. The molecule has 62 heavy (non-hydrogen) atoms. The standard InChI is InChI=1S/C59H37NO2/c1-2-14-38(15-3-1)39-28-30-40(31-29-39)41-32-34-43(35-33-41)60(52-25-12-17-42-16-4-5-18-44(42)52)53-26-13-27-54-57(53)62-58-55(61-54)37-36-51-56(58)47-21-8-11-24-50(47)59(51)48-22-9-6-19-45(48)46-20-7-10-23-49(46)59/h1-37H. The van der Waals surface area contributed by atoms with E-state index in [0.717, 1.165) is 55.8 Å². The highest BCUT2D eigenvalue weighted by Gasteiger charge is 2.53. The first kappa shape index (κ1) is 34.7. The fourth-order valence-corrected chi connectivity index (χ4v) is 10.5. The van der Waals surface area contributed by atoms with E-state index in [1.54, 1.807) is 0 Å². The predicted octanol–water partition coefficient (Wildman–Crippen LogP) is 15.9. The molecule has 13 rings (SSSR count). The van der Waals surface area contributed by atoms with Gasteiger partial charge in [-0.15, -0.1) is 0 Å². The quantitative estimate of drug-likeness (QED) is 0.173. The lowest BCUT2D eigenvalue weighted by molar-refractivity contribution is 0.361. The van der Waals surface area contributed by atoms with Gasteiger partial charge in [-0.2, -0.15) is 0 Å². The van der Waals surface area contributed by atoms with Crippen LogP contribution in [-0.4, -0.2) is 0 Å². The molecule has 3 aliphatic rings. The number of para-hydroxylation sites is 1. The van der Waals surface area contributed by atoms with Gasteiger partial charge >= 0.3 is 0 Å². The molecule has 0 radical (unpaired) electrons. The number of anilines is 3. The van der Waals surface area contributed by atoms with E-state index >= 15 is 0 Å². The maximum atomic E-state index is 7.40. The number of rotatable bonds is 5. The molecule has 0 N–H and O–H groups in total. The van der Waals surface area contributed by atoms with Crippen molar-refractivity contribution in [3.8, 4) is 67.5 Å². The Bertz CT molecular complexity index is 3360. The summed E-state index contributed by atoms with van der Waals surface area (Å²) in [6.45, 7) is 0. The smallest absolute Gasteiger partial charge is 0.194 e. The Labute approximate surface area is 360 Å². The number of hydrogen-bond donors (Lipinski definition) is 0. The summed E-state index contributed by atoms with van der Waals surface area (Å²) >= 11 is 0. The lowest BCUT2D eigenvalue weighted by atomic mass is 9.70. The van der Waals surface area contributed by atoms with Crippen molar-refractivity contribution < 1.29 is 9.47 Å². The van der Waals surface area contributed by atoms with Gasteiger partial charge in [0.05, 0.1) is 16.8 Å². The third-order valence-electron chi connectivity index (χ3n) is 13.2. The van der Waals surface area contributed by atoms with Gasteiger partial charge in [0.15, 0.2) is 23.0 Å². The second kappa shape index (κ2) is 13.4. The first-order valence-electron chi connectivity index (χ1n) is 21.2. The second-order valence-electron chi connectivity index (χ2n) is 16.3.